The molecule has 0 aliphatic heterocycles. The van der Waals surface area contributed by atoms with Gasteiger partial charge in [-0.2, -0.15) is 0 Å². The smallest absolute Gasteiger partial charge is 0.308 e. The molecule has 1 aromatic heterocycles. The van der Waals surface area contributed by atoms with E-state index in [2.05, 4.69) is 9.97 Å². The second-order valence-corrected chi connectivity index (χ2v) is 4.58. The van der Waals surface area contributed by atoms with Gasteiger partial charge in [-0.3, -0.25) is 9.59 Å². The molecular formula is C10H12N2O3S. The molecule has 1 aliphatic rings. The van der Waals surface area contributed by atoms with E-state index in [4.69, 9.17) is 5.11 Å². The van der Waals surface area contributed by atoms with Crippen LogP contribution < -0.4 is 5.56 Å². The Morgan fingerprint density at radius 1 is 1.62 bits per heavy atom. The average Bonchev–Trinajstić information content (AvgIpc) is 3.03. The summed E-state index contributed by atoms with van der Waals surface area (Å²) in [5.41, 5.74) is 0.673. The first-order chi connectivity index (χ1) is 7.61. The van der Waals surface area contributed by atoms with Crippen LogP contribution >= 0.6 is 11.8 Å². The van der Waals surface area contributed by atoms with Crippen LogP contribution in [0.2, 0.25) is 0 Å². The van der Waals surface area contributed by atoms with E-state index in [9.17, 15) is 9.59 Å². The summed E-state index contributed by atoms with van der Waals surface area (Å²) in [5.74, 6) is -0.714. The summed E-state index contributed by atoms with van der Waals surface area (Å²) in [4.78, 5) is 29.3. The van der Waals surface area contributed by atoms with E-state index in [1.54, 1.807) is 0 Å². The minimum Gasteiger partial charge on any atom is -0.481 e. The zero-order valence-corrected chi connectivity index (χ0v) is 9.63. The lowest BCUT2D eigenvalue weighted by atomic mass is 10.1. The van der Waals surface area contributed by atoms with Gasteiger partial charge in [-0.1, -0.05) is 11.8 Å². The van der Waals surface area contributed by atoms with Gasteiger partial charge in [0.1, 0.15) is 0 Å². The zero-order chi connectivity index (χ0) is 11.7. The molecule has 1 aromatic rings. The summed E-state index contributed by atoms with van der Waals surface area (Å²) < 4.78 is 0. The molecule has 5 nitrogen and oxygen atoms in total. The maximum absolute atomic E-state index is 11.7. The van der Waals surface area contributed by atoms with Crippen LogP contribution in [-0.4, -0.2) is 27.3 Å². The lowest BCUT2D eigenvalue weighted by Crippen LogP contribution is -2.21. The standard InChI is InChI=1S/C10H12N2O3S/c1-16-10-11-8(5-2-3-5)6(4-7(13)14)9(15)12-10/h5H,2-4H2,1H3,(H,13,14)(H,11,12,15). The van der Waals surface area contributed by atoms with Gasteiger partial charge in [0.25, 0.3) is 5.56 Å². The lowest BCUT2D eigenvalue weighted by molar-refractivity contribution is -0.136. The predicted octanol–water partition coefficient (Wildman–Crippen LogP) is 0.996. The van der Waals surface area contributed by atoms with Crippen LogP contribution in [0.15, 0.2) is 9.95 Å². The number of hydrogen-bond donors (Lipinski definition) is 2. The number of rotatable bonds is 4. The first-order valence-corrected chi connectivity index (χ1v) is 6.23. The maximum Gasteiger partial charge on any atom is 0.308 e. The van der Waals surface area contributed by atoms with Gasteiger partial charge in [0.15, 0.2) is 5.16 Å². The fourth-order valence-electron chi connectivity index (χ4n) is 1.61. The topological polar surface area (TPSA) is 83.0 Å². The van der Waals surface area contributed by atoms with Crippen molar-refractivity contribution >= 4 is 17.7 Å². The summed E-state index contributed by atoms with van der Waals surface area (Å²) in [7, 11) is 0. The van der Waals surface area contributed by atoms with E-state index in [0.29, 0.717) is 16.4 Å². The van der Waals surface area contributed by atoms with Crippen molar-refractivity contribution in [2.75, 3.05) is 6.26 Å². The van der Waals surface area contributed by atoms with E-state index in [1.165, 1.54) is 11.8 Å². The number of nitrogens with zero attached hydrogens (tertiary/aromatic N) is 1. The van der Waals surface area contributed by atoms with E-state index in [-0.39, 0.29) is 17.9 Å². The highest BCUT2D eigenvalue weighted by molar-refractivity contribution is 7.98. The Morgan fingerprint density at radius 3 is 2.81 bits per heavy atom. The Balaban J connectivity index is 2.47. The van der Waals surface area contributed by atoms with E-state index < -0.39 is 5.97 Å². The molecular weight excluding hydrogens is 228 g/mol. The van der Waals surface area contributed by atoms with Crippen LogP contribution in [0.3, 0.4) is 0 Å². The third-order valence-corrected chi connectivity index (χ3v) is 3.09. The number of thioether (sulfide) groups is 1. The predicted molar refractivity (Wildman–Crippen MR) is 60.0 cm³/mol. The zero-order valence-electron chi connectivity index (χ0n) is 8.82. The first kappa shape index (κ1) is 11.2. The molecule has 0 radical (unpaired) electrons. The number of carbonyl (C=O) groups is 1. The van der Waals surface area contributed by atoms with Crippen LogP contribution in [0.25, 0.3) is 0 Å². The normalized spacial score (nSPS) is 15.1. The van der Waals surface area contributed by atoms with Crippen molar-refractivity contribution in [1.82, 2.24) is 9.97 Å². The van der Waals surface area contributed by atoms with Gasteiger partial charge in [-0.25, -0.2) is 4.98 Å². The number of aliphatic carboxylic acids is 1. The summed E-state index contributed by atoms with van der Waals surface area (Å²) in [6.07, 6.45) is 3.57. The lowest BCUT2D eigenvalue weighted by Gasteiger charge is -2.06. The maximum atomic E-state index is 11.7. The van der Waals surface area contributed by atoms with E-state index >= 15 is 0 Å². The minimum absolute atomic E-state index is 0.247. The van der Waals surface area contributed by atoms with Crippen molar-refractivity contribution < 1.29 is 9.90 Å². The molecule has 0 aromatic carbocycles. The number of aromatic amines is 1. The second kappa shape index (κ2) is 4.29. The van der Waals surface area contributed by atoms with Gasteiger partial charge >= 0.3 is 5.97 Å². The van der Waals surface area contributed by atoms with Gasteiger partial charge in [0, 0.05) is 5.92 Å². The number of H-pyrrole nitrogens is 1. The minimum atomic E-state index is -0.994. The molecule has 86 valence electrons. The Kier molecular flexibility index (Phi) is 3.00. The van der Waals surface area contributed by atoms with Crippen LogP contribution in [0.5, 0.6) is 0 Å². The molecule has 1 heterocycles. The molecule has 0 unspecified atom stereocenters. The van der Waals surface area contributed by atoms with Gasteiger partial charge in [0.2, 0.25) is 0 Å². The fraction of sp³-hybridized carbons (Fsp3) is 0.500. The molecule has 2 rings (SSSR count). The summed E-state index contributed by atoms with van der Waals surface area (Å²) in [5, 5.41) is 9.32. The Morgan fingerprint density at radius 2 is 2.31 bits per heavy atom. The summed E-state index contributed by atoms with van der Waals surface area (Å²) >= 11 is 1.36. The third kappa shape index (κ3) is 2.27. The molecule has 0 amide bonds. The van der Waals surface area contributed by atoms with E-state index in [0.717, 1.165) is 12.8 Å². The third-order valence-electron chi connectivity index (χ3n) is 2.51. The molecule has 0 saturated heterocycles. The molecule has 1 fully saturated rings. The van der Waals surface area contributed by atoms with Gasteiger partial charge in [-0.15, -0.1) is 0 Å². The van der Waals surface area contributed by atoms with Crippen molar-refractivity contribution in [3.8, 4) is 0 Å². The van der Waals surface area contributed by atoms with Crippen LogP contribution in [0.4, 0.5) is 0 Å². The highest BCUT2D eigenvalue weighted by atomic mass is 32.2. The molecule has 2 N–H and O–H groups in total. The van der Waals surface area contributed by atoms with Crippen molar-refractivity contribution in [2.24, 2.45) is 0 Å². The van der Waals surface area contributed by atoms with Crippen molar-refractivity contribution in [2.45, 2.75) is 30.3 Å². The molecule has 16 heavy (non-hydrogen) atoms. The van der Waals surface area contributed by atoms with Crippen LogP contribution in [0.1, 0.15) is 30.0 Å². The highest BCUT2D eigenvalue weighted by Crippen LogP contribution is 2.40. The van der Waals surface area contributed by atoms with Crippen LogP contribution in [-0.2, 0) is 11.2 Å². The van der Waals surface area contributed by atoms with Crippen molar-refractivity contribution in [3.63, 3.8) is 0 Å². The molecule has 0 atom stereocenters. The molecule has 6 heteroatoms. The highest BCUT2D eigenvalue weighted by Gasteiger charge is 2.30. The van der Waals surface area contributed by atoms with Crippen LogP contribution in [0, 0.1) is 0 Å². The number of carboxylic acid groups (broad SMARTS) is 1. The van der Waals surface area contributed by atoms with Gasteiger partial charge < -0.3 is 10.1 Å². The second-order valence-electron chi connectivity index (χ2n) is 3.78. The molecule has 0 bridgehead atoms. The Bertz CT molecular complexity index is 479. The number of nitrogens with one attached hydrogen (secondary N) is 1. The first-order valence-electron chi connectivity index (χ1n) is 5.00. The SMILES string of the molecule is CSc1nc(C2CC2)c(CC(=O)O)c(=O)[nH]1. The number of carboxylic acids is 1. The summed E-state index contributed by atoms with van der Waals surface area (Å²) in [6.45, 7) is 0. The van der Waals surface area contributed by atoms with Gasteiger partial charge in [-0.05, 0) is 19.1 Å². The fourth-order valence-corrected chi connectivity index (χ4v) is 1.99. The quantitative estimate of drug-likeness (QED) is 0.606. The average molecular weight is 240 g/mol. The monoisotopic (exact) mass is 240 g/mol. The van der Waals surface area contributed by atoms with Crippen molar-refractivity contribution in [1.29, 1.82) is 0 Å². The molecule has 1 saturated carbocycles. The Hall–Kier alpha value is -1.30. The number of aromatic nitrogens is 2. The molecule has 0 spiro atoms. The Labute approximate surface area is 96.3 Å². The van der Waals surface area contributed by atoms with Gasteiger partial charge in [0.05, 0.1) is 17.7 Å². The largest absolute Gasteiger partial charge is 0.481 e. The van der Waals surface area contributed by atoms with Crippen molar-refractivity contribution in [3.05, 3.63) is 21.6 Å². The molecule has 1 aliphatic carbocycles. The summed E-state index contributed by atoms with van der Waals surface area (Å²) in [6, 6.07) is 0. The van der Waals surface area contributed by atoms with E-state index in [1.807, 2.05) is 6.26 Å². The number of hydrogen-bond acceptors (Lipinski definition) is 4.